The van der Waals surface area contributed by atoms with Crippen molar-refractivity contribution in [3.63, 3.8) is 0 Å². The minimum Gasteiger partial charge on any atom is -0.466 e. The molecule has 0 aromatic carbocycles. The molecular weight excluding hydrogens is 260 g/mol. The van der Waals surface area contributed by atoms with Crippen LogP contribution >= 0.6 is 0 Å². The van der Waals surface area contributed by atoms with E-state index in [1.165, 1.54) is 4.90 Å². The Kier molecular flexibility index (Phi) is 5.80. The van der Waals surface area contributed by atoms with E-state index in [9.17, 15) is 14.7 Å². The fourth-order valence-corrected chi connectivity index (χ4v) is 2.66. The van der Waals surface area contributed by atoms with E-state index in [0.717, 1.165) is 6.42 Å². The van der Waals surface area contributed by atoms with Crippen LogP contribution in [0.4, 0.5) is 4.79 Å². The summed E-state index contributed by atoms with van der Waals surface area (Å²) in [6.45, 7) is 8.78. The molecule has 0 saturated carbocycles. The van der Waals surface area contributed by atoms with Crippen molar-refractivity contribution in [1.29, 1.82) is 0 Å². The molecule has 2 N–H and O–H groups in total. The van der Waals surface area contributed by atoms with Gasteiger partial charge in [-0.2, -0.15) is 0 Å². The molecule has 2 atom stereocenters. The van der Waals surface area contributed by atoms with Gasteiger partial charge < -0.3 is 20.1 Å². The summed E-state index contributed by atoms with van der Waals surface area (Å²) >= 11 is 0. The van der Waals surface area contributed by atoms with Gasteiger partial charge in [0.25, 0.3) is 0 Å². The smallest absolute Gasteiger partial charge is 0.407 e. The molecular formula is C14H26N2O4. The highest BCUT2D eigenvalue weighted by molar-refractivity contribution is 5.70. The Morgan fingerprint density at radius 3 is 2.55 bits per heavy atom. The molecule has 1 saturated heterocycles. The molecule has 0 radical (unpaired) electrons. The maximum Gasteiger partial charge on any atom is 0.407 e. The van der Waals surface area contributed by atoms with E-state index < -0.39 is 6.09 Å². The fraction of sp³-hybridized carbons (Fsp3) is 0.857. The number of hydrogen-bond donors (Lipinski definition) is 2. The van der Waals surface area contributed by atoms with Crippen LogP contribution in [0.3, 0.4) is 0 Å². The van der Waals surface area contributed by atoms with Crippen molar-refractivity contribution < 1.29 is 19.4 Å². The van der Waals surface area contributed by atoms with E-state index in [-0.39, 0.29) is 30.0 Å². The molecule has 0 aromatic rings. The molecule has 0 aromatic heterocycles. The molecule has 1 amide bonds. The van der Waals surface area contributed by atoms with Crippen LogP contribution in [0, 0.1) is 0 Å². The summed E-state index contributed by atoms with van der Waals surface area (Å²) in [4.78, 5) is 24.1. The van der Waals surface area contributed by atoms with Crippen LogP contribution in [0.1, 0.15) is 47.0 Å². The van der Waals surface area contributed by atoms with Gasteiger partial charge in [-0.15, -0.1) is 0 Å². The lowest BCUT2D eigenvalue weighted by molar-refractivity contribution is -0.143. The minimum absolute atomic E-state index is 0.0507. The Morgan fingerprint density at radius 1 is 1.40 bits per heavy atom. The maximum absolute atomic E-state index is 11.4. The Hall–Kier alpha value is -1.30. The van der Waals surface area contributed by atoms with Crippen LogP contribution in [0.15, 0.2) is 0 Å². The number of ether oxygens (including phenoxy) is 1. The number of carboxylic acid groups (broad SMARTS) is 1. The van der Waals surface area contributed by atoms with Crippen molar-refractivity contribution in [1.82, 2.24) is 10.2 Å². The Bertz CT molecular complexity index is 352. The van der Waals surface area contributed by atoms with Crippen molar-refractivity contribution in [2.75, 3.05) is 13.2 Å². The summed E-state index contributed by atoms with van der Waals surface area (Å²) in [5.74, 6) is -0.259. The zero-order chi connectivity index (χ0) is 15.3. The van der Waals surface area contributed by atoms with Crippen LogP contribution in [0.5, 0.6) is 0 Å². The maximum atomic E-state index is 11.4. The van der Waals surface area contributed by atoms with Gasteiger partial charge in [-0.05, 0) is 40.5 Å². The van der Waals surface area contributed by atoms with Crippen molar-refractivity contribution in [3.05, 3.63) is 0 Å². The van der Waals surface area contributed by atoms with E-state index in [0.29, 0.717) is 19.6 Å². The number of carbonyl (C=O) groups is 2. The average molecular weight is 286 g/mol. The fourth-order valence-electron chi connectivity index (χ4n) is 2.66. The zero-order valence-electron chi connectivity index (χ0n) is 12.8. The average Bonchev–Trinajstić information content (AvgIpc) is 2.67. The molecule has 0 bridgehead atoms. The first-order valence-corrected chi connectivity index (χ1v) is 7.16. The lowest BCUT2D eigenvalue weighted by atomic mass is 10.0. The molecule has 6 nitrogen and oxygen atoms in total. The predicted molar refractivity (Wildman–Crippen MR) is 75.7 cm³/mol. The molecule has 6 heteroatoms. The van der Waals surface area contributed by atoms with Crippen LogP contribution in [-0.2, 0) is 9.53 Å². The number of amides is 1. The van der Waals surface area contributed by atoms with E-state index in [1.807, 2.05) is 0 Å². The monoisotopic (exact) mass is 286 g/mol. The number of carbonyl (C=O) groups excluding carboxylic acids is 1. The highest BCUT2D eigenvalue weighted by Crippen LogP contribution is 2.23. The number of hydrogen-bond acceptors (Lipinski definition) is 4. The summed E-state index contributed by atoms with van der Waals surface area (Å²) in [6.07, 6.45) is 0.609. The number of esters is 1. The van der Waals surface area contributed by atoms with Crippen LogP contribution < -0.4 is 5.32 Å². The number of rotatable bonds is 5. The predicted octanol–water partition coefficient (Wildman–Crippen LogP) is 1.84. The molecule has 0 unspecified atom stereocenters. The molecule has 1 rings (SSSR count). The lowest BCUT2D eigenvalue weighted by Crippen LogP contribution is -2.45. The highest BCUT2D eigenvalue weighted by Gasteiger charge is 2.36. The van der Waals surface area contributed by atoms with E-state index >= 15 is 0 Å². The van der Waals surface area contributed by atoms with Crippen LogP contribution in [-0.4, -0.2) is 52.8 Å². The lowest BCUT2D eigenvalue weighted by Gasteiger charge is -2.25. The summed E-state index contributed by atoms with van der Waals surface area (Å²) in [7, 11) is 0. The molecule has 1 aliphatic rings. The van der Waals surface area contributed by atoms with Gasteiger partial charge in [0.2, 0.25) is 0 Å². The van der Waals surface area contributed by atoms with Gasteiger partial charge in [0.1, 0.15) is 0 Å². The van der Waals surface area contributed by atoms with Crippen LogP contribution in [0.25, 0.3) is 0 Å². The highest BCUT2D eigenvalue weighted by atomic mass is 16.5. The number of nitrogens with one attached hydrogen (secondary N) is 1. The second kappa shape index (κ2) is 6.92. The third-order valence-electron chi connectivity index (χ3n) is 3.28. The standard InChI is InChI=1S/C14H26N2O4/c1-5-20-12(17)7-6-11-8-10(15-14(2,3)4)9-16(11)13(18)19/h10-11,15H,5-9H2,1-4H3,(H,18,19)/t10-,11+/m0/s1. The quantitative estimate of drug-likeness (QED) is 0.754. The first-order valence-electron chi connectivity index (χ1n) is 7.16. The van der Waals surface area contributed by atoms with Crippen molar-refractivity contribution in [2.24, 2.45) is 0 Å². The summed E-state index contributed by atoms with van der Waals surface area (Å²) in [6, 6.07) is 0.0232. The number of likely N-dealkylation sites (tertiary alicyclic amines) is 1. The van der Waals surface area contributed by atoms with Crippen molar-refractivity contribution in [3.8, 4) is 0 Å². The van der Waals surface area contributed by atoms with Gasteiger partial charge in [-0.1, -0.05) is 0 Å². The van der Waals surface area contributed by atoms with Crippen LogP contribution in [0.2, 0.25) is 0 Å². The summed E-state index contributed by atoms with van der Waals surface area (Å²) in [5.41, 5.74) is -0.0507. The number of nitrogens with zero attached hydrogens (tertiary/aromatic N) is 1. The normalized spacial score (nSPS) is 22.9. The second-order valence-electron chi connectivity index (χ2n) is 6.26. The molecule has 116 valence electrons. The molecule has 0 aliphatic carbocycles. The SMILES string of the molecule is CCOC(=O)CC[C@@H]1C[C@H](NC(C)(C)C)CN1C(=O)O. The van der Waals surface area contributed by atoms with E-state index in [1.54, 1.807) is 6.92 Å². The summed E-state index contributed by atoms with van der Waals surface area (Å²) < 4.78 is 4.88. The molecule has 1 fully saturated rings. The van der Waals surface area contributed by atoms with Crippen molar-refractivity contribution in [2.45, 2.75) is 64.6 Å². The molecule has 20 heavy (non-hydrogen) atoms. The van der Waals surface area contributed by atoms with Gasteiger partial charge in [0.05, 0.1) is 6.61 Å². The third-order valence-corrected chi connectivity index (χ3v) is 3.28. The molecule has 1 heterocycles. The van der Waals surface area contributed by atoms with Gasteiger partial charge in [-0.25, -0.2) is 4.79 Å². The first-order chi connectivity index (χ1) is 9.23. The zero-order valence-corrected chi connectivity index (χ0v) is 12.8. The largest absolute Gasteiger partial charge is 0.466 e. The first kappa shape index (κ1) is 16.8. The Morgan fingerprint density at radius 2 is 2.05 bits per heavy atom. The molecule has 0 spiro atoms. The van der Waals surface area contributed by atoms with Gasteiger partial charge >= 0.3 is 12.1 Å². The van der Waals surface area contributed by atoms with Gasteiger partial charge in [0, 0.05) is 30.6 Å². The Labute approximate surface area is 120 Å². The Balaban J connectivity index is 2.54. The second-order valence-corrected chi connectivity index (χ2v) is 6.26. The van der Waals surface area contributed by atoms with E-state index in [2.05, 4.69) is 26.1 Å². The van der Waals surface area contributed by atoms with Gasteiger partial charge in [-0.3, -0.25) is 4.79 Å². The summed E-state index contributed by atoms with van der Waals surface area (Å²) in [5, 5.41) is 12.7. The molecule has 1 aliphatic heterocycles. The third kappa shape index (κ3) is 5.36. The topological polar surface area (TPSA) is 78.9 Å². The van der Waals surface area contributed by atoms with Crippen molar-refractivity contribution >= 4 is 12.1 Å². The van der Waals surface area contributed by atoms with E-state index in [4.69, 9.17) is 4.74 Å². The minimum atomic E-state index is -0.919. The van der Waals surface area contributed by atoms with Gasteiger partial charge in [0.15, 0.2) is 0 Å².